The summed E-state index contributed by atoms with van der Waals surface area (Å²) in [6.07, 6.45) is 2.07. The van der Waals surface area contributed by atoms with Crippen LogP contribution in [-0.4, -0.2) is 31.8 Å². The van der Waals surface area contributed by atoms with Gasteiger partial charge in [-0.15, -0.1) is 0 Å². The van der Waals surface area contributed by atoms with Gasteiger partial charge in [0, 0.05) is 24.5 Å². The number of phenols is 1. The second kappa shape index (κ2) is 9.73. The minimum atomic E-state index is -0.526. The van der Waals surface area contributed by atoms with Crippen molar-refractivity contribution in [1.29, 1.82) is 5.26 Å². The second-order valence-corrected chi connectivity index (χ2v) is 5.56. The number of nitrogens with zero attached hydrogens (tertiary/aromatic N) is 1. The van der Waals surface area contributed by atoms with Gasteiger partial charge < -0.3 is 25.2 Å². The van der Waals surface area contributed by atoms with E-state index >= 15 is 0 Å². The van der Waals surface area contributed by atoms with Crippen molar-refractivity contribution in [2.75, 3.05) is 26.1 Å². The van der Waals surface area contributed by atoms with E-state index in [1.165, 1.54) is 20.4 Å². The number of rotatable bonds is 8. The van der Waals surface area contributed by atoms with Gasteiger partial charge in [0.05, 0.1) is 14.2 Å². The maximum Gasteiger partial charge on any atom is 0.267 e. The molecule has 0 radical (unpaired) electrons. The summed E-state index contributed by atoms with van der Waals surface area (Å²) in [5.74, 6) is 0.708. The Balaban J connectivity index is 1.93. The van der Waals surface area contributed by atoms with Gasteiger partial charge in [-0.2, -0.15) is 5.26 Å². The zero-order valence-electron chi connectivity index (χ0n) is 15.2. The van der Waals surface area contributed by atoms with Gasteiger partial charge in [-0.1, -0.05) is 12.1 Å². The molecule has 7 heteroatoms. The van der Waals surface area contributed by atoms with Crippen molar-refractivity contribution in [3.63, 3.8) is 0 Å². The minimum absolute atomic E-state index is 0.0458. The summed E-state index contributed by atoms with van der Waals surface area (Å²) in [4.78, 5) is 12.3. The zero-order chi connectivity index (χ0) is 19.6. The molecule has 0 atom stereocenters. The van der Waals surface area contributed by atoms with Crippen molar-refractivity contribution < 1.29 is 19.4 Å². The smallest absolute Gasteiger partial charge is 0.267 e. The quantitative estimate of drug-likeness (QED) is 0.376. The van der Waals surface area contributed by atoms with Crippen LogP contribution in [0.5, 0.6) is 17.2 Å². The van der Waals surface area contributed by atoms with Gasteiger partial charge in [0.1, 0.15) is 17.4 Å². The molecule has 0 aliphatic carbocycles. The summed E-state index contributed by atoms with van der Waals surface area (Å²) in [6.45, 7) is 0.541. The van der Waals surface area contributed by atoms with Crippen LogP contribution in [0.25, 0.3) is 0 Å². The molecule has 0 saturated carbocycles. The Morgan fingerprint density at radius 3 is 2.48 bits per heavy atom. The molecule has 0 heterocycles. The molecule has 0 bridgehead atoms. The number of hydrogen-bond acceptors (Lipinski definition) is 6. The van der Waals surface area contributed by atoms with Gasteiger partial charge >= 0.3 is 0 Å². The zero-order valence-corrected chi connectivity index (χ0v) is 15.2. The standard InChI is InChI=1S/C20H21N3O4/c1-26-18-8-5-16(11-19(18)27-2)23-20(25)15(12-21)13-22-10-9-14-3-6-17(24)7-4-14/h3-8,11,13,22,24H,9-10H2,1-2H3,(H,23,25)/b15-13-. The third-order valence-electron chi connectivity index (χ3n) is 3.75. The molecule has 0 saturated heterocycles. The molecule has 2 aromatic carbocycles. The Kier molecular flexibility index (Phi) is 7.08. The third kappa shape index (κ3) is 5.68. The number of nitrogens with one attached hydrogen (secondary N) is 2. The van der Waals surface area contributed by atoms with E-state index in [-0.39, 0.29) is 11.3 Å². The second-order valence-electron chi connectivity index (χ2n) is 5.56. The number of carbonyl (C=O) groups excluding carboxylic acids is 1. The van der Waals surface area contributed by atoms with E-state index in [1.54, 1.807) is 30.3 Å². The molecule has 3 N–H and O–H groups in total. The summed E-state index contributed by atoms with van der Waals surface area (Å²) in [7, 11) is 3.03. The Morgan fingerprint density at radius 2 is 1.85 bits per heavy atom. The van der Waals surface area contributed by atoms with Crippen LogP contribution in [-0.2, 0) is 11.2 Å². The maximum atomic E-state index is 12.3. The van der Waals surface area contributed by atoms with Crippen LogP contribution in [0.3, 0.4) is 0 Å². The minimum Gasteiger partial charge on any atom is -0.508 e. The van der Waals surface area contributed by atoms with E-state index in [2.05, 4.69) is 10.6 Å². The highest BCUT2D eigenvalue weighted by Crippen LogP contribution is 2.29. The molecule has 1 amide bonds. The molecule has 0 aliphatic rings. The molecule has 0 aliphatic heterocycles. The average Bonchev–Trinajstić information content (AvgIpc) is 2.69. The van der Waals surface area contributed by atoms with Gasteiger partial charge in [0.15, 0.2) is 11.5 Å². The lowest BCUT2D eigenvalue weighted by Crippen LogP contribution is -2.18. The van der Waals surface area contributed by atoms with Crippen molar-refractivity contribution in [1.82, 2.24) is 5.32 Å². The lowest BCUT2D eigenvalue weighted by molar-refractivity contribution is -0.112. The van der Waals surface area contributed by atoms with Gasteiger partial charge in [-0.25, -0.2) is 0 Å². The third-order valence-corrected chi connectivity index (χ3v) is 3.75. The molecule has 2 rings (SSSR count). The summed E-state index contributed by atoms with van der Waals surface area (Å²) in [6, 6.07) is 13.7. The van der Waals surface area contributed by atoms with Crippen LogP contribution in [0, 0.1) is 11.3 Å². The average molecular weight is 367 g/mol. The first-order valence-corrected chi connectivity index (χ1v) is 8.22. The highest BCUT2D eigenvalue weighted by Gasteiger charge is 2.11. The molecule has 0 fully saturated rings. The number of methoxy groups -OCH3 is 2. The molecule has 2 aromatic rings. The highest BCUT2D eigenvalue weighted by molar-refractivity contribution is 6.06. The number of aromatic hydroxyl groups is 1. The fraction of sp³-hybridized carbons (Fsp3) is 0.200. The van der Waals surface area contributed by atoms with Gasteiger partial charge in [0.25, 0.3) is 5.91 Å². The van der Waals surface area contributed by atoms with Crippen molar-refractivity contribution in [3.8, 4) is 23.3 Å². The topological polar surface area (TPSA) is 104 Å². The number of amides is 1. The fourth-order valence-corrected chi connectivity index (χ4v) is 2.31. The number of hydrogen-bond donors (Lipinski definition) is 3. The number of ether oxygens (including phenoxy) is 2. The van der Waals surface area contributed by atoms with Crippen molar-refractivity contribution >= 4 is 11.6 Å². The summed E-state index contributed by atoms with van der Waals surface area (Å²) >= 11 is 0. The molecular weight excluding hydrogens is 346 g/mol. The molecule has 0 unspecified atom stereocenters. The monoisotopic (exact) mass is 367 g/mol. The van der Waals surface area contributed by atoms with Crippen LogP contribution >= 0.6 is 0 Å². The lowest BCUT2D eigenvalue weighted by Gasteiger charge is -2.10. The maximum absolute atomic E-state index is 12.3. The molecular formula is C20H21N3O4. The first kappa shape index (κ1) is 19.7. The van der Waals surface area contributed by atoms with Crippen LogP contribution in [0.15, 0.2) is 54.2 Å². The lowest BCUT2D eigenvalue weighted by atomic mass is 10.1. The highest BCUT2D eigenvalue weighted by atomic mass is 16.5. The summed E-state index contributed by atoms with van der Waals surface area (Å²) in [5.41, 5.74) is 1.47. The first-order chi connectivity index (χ1) is 13.1. The number of phenolic OH excluding ortho intramolecular Hbond substituents is 1. The normalized spacial score (nSPS) is 10.6. The number of nitriles is 1. The van der Waals surface area contributed by atoms with Gasteiger partial charge in [-0.3, -0.25) is 4.79 Å². The van der Waals surface area contributed by atoms with Crippen LogP contribution in [0.1, 0.15) is 5.56 Å². The van der Waals surface area contributed by atoms with E-state index in [9.17, 15) is 15.2 Å². The van der Waals surface area contributed by atoms with Crippen molar-refractivity contribution in [2.24, 2.45) is 0 Å². The van der Waals surface area contributed by atoms with Gasteiger partial charge in [0.2, 0.25) is 0 Å². The number of benzene rings is 2. The predicted octanol–water partition coefficient (Wildman–Crippen LogP) is 2.59. The molecule has 0 spiro atoms. The SMILES string of the molecule is COc1ccc(NC(=O)/C(C#N)=C\NCCc2ccc(O)cc2)cc1OC. The summed E-state index contributed by atoms with van der Waals surface area (Å²) < 4.78 is 10.3. The summed E-state index contributed by atoms with van der Waals surface area (Å²) in [5, 5.41) is 24.1. The van der Waals surface area contributed by atoms with E-state index in [1.807, 2.05) is 18.2 Å². The van der Waals surface area contributed by atoms with E-state index in [4.69, 9.17) is 9.47 Å². The molecule has 7 nitrogen and oxygen atoms in total. The largest absolute Gasteiger partial charge is 0.508 e. The van der Waals surface area contributed by atoms with Crippen LogP contribution in [0.4, 0.5) is 5.69 Å². The predicted molar refractivity (Wildman–Crippen MR) is 102 cm³/mol. The van der Waals surface area contributed by atoms with E-state index in [0.29, 0.717) is 30.2 Å². The fourth-order valence-electron chi connectivity index (χ4n) is 2.31. The molecule has 140 valence electrons. The van der Waals surface area contributed by atoms with Gasteiger partial charge in [-0.05, 0) is 36.2 Å². The molecule has 0 aromatic heterocycles. The molecule has 27 heavy (non-hydrogen) atoms. The Labute approximate surface area is 157 Å². The van der Waals surface area contributed by atoms with E-state index < -0.39 is 5.91 Å². The Hall–Kier alpha value is -3.66. The van der Waals surface area contributed by atoms with Crippen LogP contribution < -0.4 is 20.1 Å². The Bertz CT molecular complexity index is 855. The first-order valence-electron chi connectivity index (χ1n) is 8.22. The van der Waals surface area contributed by atoms with E-state index in [0.717, 1.165) is 5.56 Å². The van der Waals surface area contributed by atoms with Crippen molar-refractivity contribution in [2.45, 2.75) is 6.42 Å². The van der Waals surface area contributed by atoms with Crippen LogP contribution in [0.2, 0.25) is 0 Å². The van der Waals surface area contributed by atoms with Crippen molar-refractivity contribution in [3.05, 3.63) is 59.8 Å². The number of anilines is 1. The Morgan fingerprint density at radius 1 is 1.15 bits per heavy atom. The number of carbonyl (C=O) groups is 1.